The Morgan fingerprint density at radius 1 is 0.600 bits per heavy atom. The molecule has 0 bridgehead atoms. The van der Waals surface area contributed by atoms with E-state index in [-0.39, 0.29) is 11.1 Å². The zero-order valence-corrected chi connectivity index (χ0v) is 13.6. The van der Waals surface area contributed by atoms with Crippen molar-refractivity contribution < 1.29 is 17.6 Å². The quantitative estimate of drug-likeness (QED) is 0.472. The molecule has 4 heteroatoms. The highest BCUT2D eigenvalue weighted by Crippen LogP contribution is 2.32. The van der Waals surface area contributed by atoms with Crippen LogP contribution in [0.2, 0.25) is 0 Å². The second kappa shape index (κ2) is 7.09. The molecule has 0 heterocycles. The molecule has 0 nitrogen and oxygen atoms in total. The summed E-state index contributed by atoms with van der Waals surface area (Å²) in [7, 11) is 0. The lowest BCUT2D eigenvalue weighted by atomic mass is 9.97. The molecule has 0 N–H and O–H groups in total. The van der Waals surface area contributed by atoms with Crippen LogP contribution >= 0.6 is 0 Å². The summed E-state index contributed by atoms with van der Waals surface area (Å²) in [6.45, 7) is 2.08. The highest BCUT2D eigenvalue weighted by molar-refractivity contribution is 5.72. The molecule has 0 spiro atoms. The number of hydrogen-bond donors (Lipinski definition) is 0. The molecule has 0 atom stereocenters. The van der Waals surface area contributed by atoms with Gasteiger partial charge in [0.15, 0.2) is 11.6 Å². The minimum absolute atomic E-state index is 0.0428. The Hall–Kier alpha value is -2.62. The van der Waals surface area contributed by atoms with E-state index in [1.165, 1.54) is 12.1 Å². The predicted octanol–water partition coefficient (Wildman–Crippen LogP) is 6.53. The number of rotatable bonds is 4. The van der Waals surface area contributed by atoms with Crippen molar-refractivity contribution in [1.82, 2.24) is 0 Å². The van der Waals surface area contributed by atoms with E-state index in [2.05, 4.69) is 6.92 Å². The number of benzene rings is 3. The fraction of sp³-hybridized carbons (Fsp3) is 0.143. The van der Waals surface area contributed by atoms with Crippen LogP contribution in [-0.4, -0.2) is 0 Å². The van der Waals surface area contributed by atoms with Gasteiger partial charge in [-0.25, -0.2) is 17.6 Å². The maximum Gasteiger partial charge on any atom is 0.159 e. The van der Waals surface area contributed by atoms with Gasteiger partial charge < -0.3 is 0 Å². The van der Waals surface area contributed by atoms with Crippen molar-refractivity contribution >= 4 is 0 Å². The molecule has 128 valence electrons. The number of aryl methyl sites for hydroxylation is 1. The third-order valence-corrected chi connectivity index (χ3v) is 4.08. The first-order valence-corrected chi connectivity index (χ1v) is 8.03. The highest BCUT2D eigenvalue weighted by atomic mass is 19.2. The predicted molar refractivity (Wildman–Crippen MR) is 91.1 cm³/mol. The second-order valence-corrected chi connectivity index (χ2v) is 5.89. The van der Waals surface area contributed by atoms with Gasteiger partial charge >= 0.3 is 0 Å². The van der Waals surface area contributed by atoms with Crippen LogP contribution in [0, 0.1) is 23.3 Å². The summed E-state index contributed by atoms with van der Waals surface area (Å²) < 4.78 is 55.3. The summed E-state index contributed by atoms with van der Waals surface area (Å²) in [6.07, 6.45) is 1.96. The third-order valence-electron chi connectivity index (χ3n) is 4.08. The Morgan fingerprint density at radius 3 is 1.72 bits per heavy atom. The molecular formula is C21H16F4. The number of halogens is 4. The van der Waals surface area contributed by atoms with Crippen molar-refractivity contribution in [2.24, 2.45) is 0 Å². The van der Waals surface area contributed by atoms with Crippen LogP contribution in [0.5, 0.6) is 0 Å². The smallest absolute Gasteiger partial charge is 0.159 e. The van der Waals surface area contributed by atoms with Crippen LogP contribution in [0.1, 0.15) is 18.9 Å². The zero-order valence-electron chi connectivity index (χ0n) is 13.6. The molecule has 3 aromatic rings. The van der Waals surface area contributed by atoms with Crippen molar-refractivity contribution in [3.63, 3.8) is 0 Å². The van der Waals surface area contributed by atoms with E-state index in [1.807, 2.05) is 24.3 Å². The van der Waals surface area contributed by atoms with Gasteiger partial charge in [0.25, 0.3) is 0 Å². The highest BCUT2D eigenvalue weighted by Gasteiger charge is 2.16. The van der Waals surface area contributed by atoms with Crippen molar-refractivity contribution in [2.75, 3.05) is 0 Å². The van der Waals surface area contributed by atoms with Gasteiger partial charge in [0.05, 0.1) is 5.56 Å². The van der Waals surface area contributed by atoms with Gasteiger partial charge in [-0.2, -0.15) is 0 Å². The van der Waals surface area contributed by atoms with Gasteiger partial charge in [0, 0.05) is 0 Å². The van der Waals surface area contributed by atoms with E-state index >= 15 is 0 Å². The molecule has 0 amide bonds. The van der Waals surface area contributed by atoms with Gasteiger partial charge in [-0.15, -0.1) is 0 Å². The summed E-state index contributed by atoms with van der Waals surface area (Å²) in [5, 5.41) is 0. The average molecular weight is 344 g/mol. The molecule has 3 aromatic carbocycles. The maximum absolute atomic E-state index is 14.5. The van der Waals surface area contributed by atoms with Crippen LogP contribution in [0.15, 0.2) is 54.6 Å². The Morgan fingerprint density at radius 2 is 1.16 bits per heavy atom. The SMILES string of the molecule is CCCc1ccc(-c2cc(F)c(-c3ccc(F)c(F)c3)c(F)c2)cc1. The molecule has 0 saturated carbocycles. The Labute approximate surface area is 143 Å². The minimum Gasteiger partial charge on any atom is -0.206 e. The lowest BCUT2D eigenvalue weighted by Crippen LogP contribution is -1.94. The summed E-state index contributed by atoms with van der Waals surface area (Å²) in [5.41, 5.74) is 1.83. The van der Waals surface area contributed by atoms with Crippen LogP contribution < -0.4 is 0 Å². The standard InChI is InChI=1S/C21H16F4/c1-2-3-13-4-6-14(7-5-13)16-11-19(24)21(20(25)12-16)15-8-9-17(22)18(23)10-15/h4-12H,2-3H2,1H3. The fourth-order valence-corrected chi connectivity index (χ4v) is 2.82. The van der Waals surface area contributed by atoms with E-state index in [9.17, 15) is 17.6 Å². The summed E-state index contributed by atoms with van der Waals surface area (Å²) in [4.78, 5) is 0. The molecule has 0 aliphatic rings. The third kappa shape index (κ3) is 3.58. The van der Waals surface area contributed by atoms with Crippen LogP contribution in [0.4, 0.5) is 17.6 Å². The monoisotopic (exact) mass is 344 g/mol. The van der Waals surface area contributed by atoms with E-state index < -0.39 is 23.3 Å². The minimum atomic E-state index is -1.15. The first kappa shape index (κ1) is 17.2. The maximum atomic E-state index is 14.5. The summed E-state index contributed by atoms with van der Waals surface area (Å²) in [5.74, 6) is -3.85. The van der Waals surface area contributed by atoms with E-state index in [4.69, 9.17) is 0 Å². The Kier molecular flexibility index (Phi) is 4.88. The molecule has 0 radical (unpaired) electrons. The second-order valence-electron chi connectivity index (χ2n) is 5.89. The first-order valence-electron chi connectivity index (χ1n) is 8.03. The van der Waals surface area contributed by atoms with Crippen LogP contribution in [-0.2, 0) is 6.42 Å². The van der Waals surface area contributed by atoms with Crippen molar-refractivity contribution in [3.05, 3.63) is 83.4 Å². The topological polar surface area (TPSA) is 0 Å². The molecule has 25 heavy (non-hydrogen) atoms. The van der Waals surface area contributed by atoms with Gasteiger partial charge in [-0.1, -0.05) is 43.7 Å². The number of hydrogen-bond acceptors (Lipinski definition) is 0. The molecule has 0 saturated heterocycles. The van der Waals surface area contributed by atoms with Crippen LogP contribution in [0.3, 0.4) is 0 Å². The van der Waals surface area contributed by atoms with Crippen molar-refractivity contribution in [3.8, 4) is 22.3 Å². The van der Waals surface area contributed by atoms with Gasteiger partial charge in [0.2, 0.25) is 0 Å². The zero-order chi connectivity index (χ0) is 18.0. The lowest BCUT2D eigenvalue weighted by molar-refractivity contribution is 0.508. The van der Waals surface area contributed by atoms with Crippen LogP contribution in [0.25, 0.3) is 22.3 Å². The molecule has 3 rings (SSSR count). The fourth-order valence-electron chi connectivity index (χ4n) is 2.82. The first-order chi connectivity index (χ1) is 12.0. The Bertz CT molecular complexity index is 875. The average Bonchev–Trinajstić information content (AvgIpc) is 2.58. The molecule has 0 unspecified atom stereocenters. The molecule has 0 aliphatic heterocycles. The Balaban J connectivity index is 2.01. The summed E-state index contributed by atoms with van der Waals surface area (Å²) >= 11 is 0. The lowest BCUT2D eigenvalue weighted by Gasteiger charge is -2.10. The van der Waals surface area contributed by atoms with E-state index in [1.54, 1.807) is 0 Å². The largest absolute Gasteiger partial charge is 0.206 e. The molecule has 0 aromatic heterocycles. The molecule has 0 fully saturated rings. The molecule has 0 aliphatic carbocycles. The van der Waals surface area contributed by atoms with E-state index in [0.29, 0.717) is 11.1 Å². The van der Waals surface area contributed by atoms with Crippen molar-refractivity contribution in [2.45, 2.75) is 19.8 Å². The van der Waals surface area contributed by atoms with Gasteiger partial charge in [-0.3, -0.25) is 0 Å². The van der Waals surface area contributed by atoms with Crippen molar-refractivity contribution in [1.29, 1.82) is 0 Å². The molecular weight excluding hydrogens is 328 g/mol. The summed E-state index contributed by atoms with van der Waals surface area (Å²) in [6, 6.07) is 12.7. The van der Waals surface area contributed by atoms with Gasteiger partial charge in [0.1, 0.15) is 11.6 Å². The normalized spacial score (nSPS) is 10.9. The van der Waals surface area contributed by atoms with Gasteiger partial charge in [-0.05, 0) is 52.9 Å². The van der Waals surface area contributed by atoms with E-state index in [0.717, 1.165) is 36.6 Å².